The standard InChI is InChI=1S/C12H23N5OS/c1-2-3-17-11(10-13)14-15-12(17)19-9-6-16-4-7-18-8-5-16/h2-10,13H2,1H3. The van der Waals surface area contributed by atoms with Crippen molar-refractivity contribution in [2.45, 2.75) is 31.6 Å². The molecule has 1 aliphatic rings. The van der Waals surface area contributed by atoms with Crippen molar-refractivity contribution in [3.05, 3.63) is 5.82 Å². The van der Waals surface area contributed by atoms with Crippen LogP contribution in [-0.2, 0) is 17.8 Å². The summed E-state index contributed by atoms with van der Waals surface area (Å²) in [5.41, 5.74) is 5.69. The van der Waals surface area contributed by atoms with Gasteiger partial charge < -0.3 is 15.0 Å². The normalized spacial score (nSPS) is 16.9. The van der Waals surface area contributed by atoms with Crippen molar-refractivity contribution >= 4 is 11.8 Å². The zero-order valence-corrected chi connectivity index (χ0v) is 12.4. The molecule has 2 rings (SSSR count). The molecular weight excluding hydrogens is 262 g/mol. The monoisotopic (exact) mass is 285 g/mol. The molecule has 0 atom stereocenters. The van der Waals surface area contributed by atoms with E-state index in [0.717, 1.165) is 62.5 Å². The molecule has 1 fully saturated rings. The summed E-state index contributed by atoms with van der Waals surface area (Å²) in [6, 6.07) is 0. The Morgan fingerprint density at radius 1 is 1.26 bits per heavy atom. The predicted octanol–water partition coefficient (Wildman–Crippen LogP) is 0.571. The summed E-state index contributed by atoms with van der Waals surface area (Å²) >= 11 is 1.77. The fourth-order valence-corrected chi connectivity index (χ4v) is 3.10. The van der Waals surface area contributed by atoms with E-state index < -0.39 is 0 Å². The number of aromatic nitrogens is 3. The Labute approximate surface area is 118 Å². The number of nitrogens with two attached hydrogens (primary N) is 1. The molecule has 6 nitrogen and oxygen atoms in total. The van der Waals surface area contributed by atoms with Crippen molar-refractivity contribution < 1.29 is 4.74 Å². The summed E-state index contributed by atoms with van der Waals surface area (Å²) in [7, 11) is 0. The number of hydrogen-bond acceptors (Lipinski definition) is 6. The zero-order chi connectivity index (χ0) is 13.5. The van der Waals surface area contributed by atoms with Crippen molar-refractivity contribution in [2.75, 3.05) is 38.6 Å². The van der Waals surface area contributed by atoms with Gasteiger partial charge in [-0.2, -0.15) is 0 Å². The predicted molar refractivity (Wildman–Crippen MR) is 76.2 cm³/mol. The molecule has 19 heavy (non-hydrogen) atoms. The Balaban J connectivity index is 1.82. The number of morpholine rings is 1. The van der Waals surface area contributed by atoms with Gasteiger partial charge in [0.15, 0.2) is 5.16 Å². The molecule has 1 aromatic heterocycles. The molecule has 0 amide bonds. The van der Waals surface area contributed by atoms with Gasteiger partial charge in [-0.15, -0.1) is 10.2 Å². The van der Waals surface area contributed by atoms with E-state index in [1.165, 1.54) is 0 Å². The van der Waals surface area contributed by atoms with E-state index in [1.54, 1.807) is 11.8 Å². The van der Waals surface area contributed by atoms with Crippen LogP contribution in [0, 0.1) is 0 Å². The van der Waals surface area contributed by atoms with Crippen molar-refractivity contribution in [1.82, 2.24) is 19.7 Å². The smallest absolute Gasteiger partial charge is 0.191 e. The molecule has 0 bridgehead atoms. The maximum atomic E-state index is 5.69. The number of nitrogens with zero attached hydrogens (tertiary/aromatic N) is 4. The van der Waals surface area contributed by atoms with Crippen molar-refractivity contribution in [3.8, 4) is 0 Å². The molecule has 0 aliphatic carbocycles. The van der Waals surface area contributed by atoms with E-state index in [2.05, 4.69) is 26.6 Å². The van der Waals surface area contributed by atoms with Crippen LogP contribution < -0.4 is 5.73 Å². The van der Waals surface area contributed by atoms with E-state index in [-0.39, 0.29) is 0 Å². The molecule has 0 aromatic carbocycles. The Kier molecular flexibility index (Phi) is 6.09. The van der Waals surface area contributed by atoms with Crippen molar-refractivity contribution in [3.63, 3.8) is 0 Å². The highest BCUT2D eigenvalue weighted by atomic mass is 32.2. The van der Waals surface area contributed by atoms with E-state index >= 15 is 0 Å². The van der Waals surface area contributed by atoms with Gasteiger partial charge in [-0.3, -0.25) is 4.90 Å². The lowest BCUT2D eigenvalue weighted by atomic mass is 10.4. The summed E-state index contributed by atoms with van der Waals surface area (Å²) in [5.74, 6) is 1.92. The van der Waals surface area contributed by atoms with Crippen molar-refractivity contribution in [1.29, 1.82) is 0 Å². The van der Waals surface area contributed by atoms with Crippen LogP contribution in [0.3, 0.4) is 0 Å². The van der Waals surface area contributed by atoms with E-state index in [9.17, 15) is 0 Å². The lowest BCUT2D eigenvalue weighted by Crippen LogP contribution is -2.37. The topological polar surface area (TPSA) is 69.2 Å². The minimum atomic E-state index is 0.455. The highest BCUT2D eigenvalue weighted by Crippen LogP contribution is 2.17. The minimum Gasteiger partial charge on any atom is -0.379 e. The summed E-state index contributed by atoms with van der Waals surface area (Å²) in [6.45, 7) is 8.42. The number of ether oxygens (including phenoxy) is 1. The van der Waals surface area contributed by atoms with Crippen molar-refractivity contribution in [2.24, 2.45) is 5.73 Å². The minimum absolute atomic E-state index is 0.455. The third-order valence-corrected chi connectivity index (χ3v) is 4.11. The first-order valence-corrected chi connectivity index (χ1v) is 7.88. The first-order chi connectivity index (χ1) is 9.35. The third-order valence-electron chi connectivity index (χ3n) is 3.17. The molecule has 108 valence electrons. The maximum Gasteiger partial charge on any atom is 0.191 e. The Morgan fingerprint density at radius 3 is 2.74 bits per heavy atom. The third kappa shape index (κ3) is 4.17. The van der Waals surface area contributed by atoms with Crippen LogP contribution in [-0.4, -0.2) is 58.3 Å². The van der Waals surface area contributed by atoms with Crippen LogP contribution in [0.4, 0.5) is 0 Å². The van der Waals surface area contributed by atoms with E-state index in [1.807, 2.05) is 0 Å². The Bertz CT molecular complexity index is 378. The first-order valence-electron chi connectivity index (χ1n) is 6.90. The molecule has 7 heteroatoms. The van der Waals surface area contributed by atoms with Gasteiger partial charge in [0.2, 0.25) is 0 Å². The number of hydrogen-bond donors (Lipinski definition) is 1. The first kappa shape index (κ1) is 14.8. The van der Waals surface area contributed by atoms with Gasteiger partial charge in [0.05, 0.1) is 19.8 Å². The second-order valence-electron chi connectivity index (χ2n) is 4.56. The van der Waals surface area contributed by atoms with Gasteiger partial charge in [0, 0.05) is 31.9 Å². The second-order valence-corrected chi connectivity index (χ2v) is 5.62. The lowest BCUT2D eigenvalue weighted by Gasteiger charge is -2.26. The molecule has 0 radical (unpaired) electrons. The molecule has 1 aromatic rings. The molecule has 0 unspecified atom stereocenters. The van der Waals surface area contributed by atoms with Crippen LogP contribution in [0.1, 0.15) is 19.2 Å². The molecule has 2 N–H and O–H groups in total. The second kappa shape index (κ2) is 7.84. The van der Waals surface area contributed by atoms with E-state index in [4.69, 9.17) is 10.5 Å². The summed E-state index contributed by atoms with van der Waals surface area (Å²) < 4.78 is 7.49. The fourth-order valence-electron chi connectivity index (χ4n) is 2.12. The average molecular weight is 285 g/mol. The van der Waals surface area contributed by atoms with E-state index in [0.29, 0.717) is 6.54 Å². The molecular formula is C12H23N5OS. The SMILES string of the molecule is CCCn1c(CN)nnc1SCCN1CCOCC1. The Morgan fingerprint density at radius 2 is 2.05 bits per heavy atom. The van der Waals surface area contributed by atoms with Gasteiger partial charge in [-0.1, -0.05) is 18.7 Å². The van der Waals surface area contributed by atoms with Crippen LogP contribution in [0.2, 0.25) is 0 Å². The average Bonchev–Trinajstić information content (AvgIpc) is 2.83. The zero-order valence-electron chi connectivity index (χ0n) is 11.5. The fraction of sp³-hybridized carbons (Fsp3) is 0.833. The summed E-state index contributed by atoms with van der Waals surface area (Å²) in [4.78, 5) is 2.43. The van der Waals surface area contributed by atoms with Crippen LogP contribution >= 0.6 is 11.8 Å². The molecule has 0 saturated carbocycles. The van der Waals surface area contributed by atoms with Gasteiger partial charge in [-0.25, -0.2) is 0 Å². The molecule has 1 saturated heterocycles. The van der Waals surface area contributed by atoms with Gasteiger partial charge >= 0.3 is 0 Å². The highest BCUT2D eigenvalue weighted by Gasteiger charge is 2.13. The summed E-state index contributed by atoms with van der Waals surface area (Å²) in [6.07, 6.45) is 1.07. The highest BCUT2D eigenvalue weighted by molar-refractivity contribution is 7.99. The van der Waals surface area contributed by atoms with Crippen LogP contribution in [0.5, 0.6) is 0 Å². The number of rotatable bonds is 7. The summed E-state index contributed by atoms with van der Waals surface area (Å²) in [5, 5.41) is 9.39. The molecule has 2 heterocycles. The van der Waals surface area contributed by atoms with Crippen LogP contribution in [0.15, 0.2) is 5.16 Å². The largest absolute Gasteiger partial charge is 0.379 e. The number of thioether (sulfide) groups is 1. The Hall–Kier alpha value is -0.630. The van der Waals surface area contributed by atoms with Gasteiger partial charge in [0.1, 0.15) is 5.82 Å². The van der Waals surface area contributed by atoms with Crippen LogP contribution in [0.25, 0.3) is 0 Å². The molecule has 0 spiro atoms. The van der Waals surface area contributed by atoms with Gasteiger partial charge in [-0.05, 0) is 6.42 Å². The molecule has 1 aliphatic heterocycles. The lowest BCUT2D eigenvalue weighted by molar-refractivity contribution is 0.0410. The quantitative estimate of drug-likeness (QED) is 0.739. The van der Waals surface area contributed by atoms with Gasteiger partial charge in [0.25, 0.3) is 0 Å². The maximum absolute atomic E-state index is 5.69.